The van der Waals surface area contributed by atoms with Gasteiger partial charge >= 0.3 is 5.97 Å². The Balaban J connectivity index is 1.93. The van der Waals surface area contributed by atoms with Gasteiger partial charge in [0.2, 0.25) is 5.91 Å². The van der Waals surface area contributed by atoms with Gasteiger partial charge in [-0.15, -0.1) is 0 Å². The van der Waals surface area contributed by atoms with E-state index in [9.17, 15) is 9.59 Å². The highest BCUT2D eigenvalue weighted by Crippen LogP contribution is 2.12. The van der Waals surface area contributed by atoms with Crippen LogP contribution < -0.4 is 10.6 Å². The van der Waals surface area contributed by atoms with Crippen molar-refractivity contribution in [3.63, 3.8) is 0 Å². The second-order valence-corrected chi connectivity index (χ2v) is 4.89. The van der Waals surface area contributed by atoms with E-state index in [0.717, 1.165) is 11.4 Å². The lowest BCUT2D eigenvalue weighted by atomic mass is 10.0. The molecule has 1 aliphatic heterocycles. The van der Waals surface area contributed by atoms with Gasteiger partial charge in [0.15, 0.2) is 0 Å². The normalized spacial score (nSPS) is 21.3. The van der Waals surface area contributed by atoms with Gasteiger partial charge in [0.05, 0.1) is 29.7 Å². The van der Waals surface area contributed by atoms with Crippen molar-refractivity contribution in [2.45, 2.75) is 38.9 Å². The van der Waals surface area contributed by atoms with Crippen LogP contribution in [-0.2, 0) is 22.6 Å². The maximum absolute atomic E-state index is 12.1. The van der Waals surface area contributed by atoms with Crippen LogP contribution in [0.4, 0.5) is 0 Å². The predicted molar refractivity (Wildman–Crippen MR) is 67.3 cm³/mol. The molecular formula is C12H18N4O3. The summed E-state index contributed by atoms with van der Waals surface area (Å²) < 4.78 is 0. The molecule has 0 spiro atoms. The molecule has 1 aromatic heterocycles. The predicted octanol–water partition coefficient (Wildman–Crippen LogP) is -0.351. The van der Waals surface area contributed by atoms with Gasteiger partial charge in [-0.3, -0.25) is 14.9 Å². The molecule has 1 aliphatic rings. The van der Waals surface area contributed by atoms with E-state index in [1.807, 2.05) is 0 Å². The maximum Gasteiger partial charge on any atom is 0.308 e. The Labute approximate surface area is 110 Å². The van der Waals surface area contributed by atoms with E-state index >= 15 is 0 Å². The Morgan fingerprint density at radius 2 is 2.26 bits per heavy atom. The number of hydrogen-bond donors (Lipinski definition) is 4. The Morgan fingerprint density at radius 1 is 1.53 bits per heavy atom. The molecule has 7 heteroatoms. The van der Waals surface area contributed by atoms with Crippen LogP contribution in [0.25, 0.3) is 0 Å². The van der Waals surface area contributed by atoms with E-state index in [1.54, 1.807) is 20.2 Å². The lowest BCUT2D eigenvalue weighted by Crippen LogP contribution is -2.51. The average molecular weight is 266 g/mol. The van der Waals surface area contributed by atoms with E-state index in [1.165, 1.54) is 0 Å². The van der Waals surface area contributed by atoms with Crippen molar-refractivity contribution < 1.29 is 14.7 Å². The number of rotatable bonds is 4. The van der Waals surface area contributed by atoms with Gasteiger partial charge in [0, 0.05) is 19.0 Å². The van der Waals surface area contributed by atoms with E-state index in [2.05, 4.69) is 20.6 Å². The van der Waals surface area contributed by atoms with E-state index in [0.29, 0.717) is 13.0 Å². The summed E-state index contributed by atoms with van der Waals surface area (Å²) in [6.07, 6.45) is 2.13. The van der Waals surface area contributed by atoms with Gasteiger partial charge in [0.1, 0.15) is 0 Å². The first-order chi connectivity index (χ1) is 8.99. The SMILES string of the molecule is CC(NC(=O)C1Cc2nc[nH]c2CN1)C(C)C(=O)O. The summed E-state index contributed by atoms with van der Waals surface area (Å²) in [4.78, 5) is 30.1. The number of amides is 1. The maximum atomic E-state index is 12.1. The highest BCUT2D eigenvalue weighted by Gasteiger charge is 2.28. The van der Waals surface area contributed by atoms with Crippen molar-refractivity contribution in [2.24, 2.45) is 5.92 Å². The Kier molecular flexibility index (Phi) is 3.84. The molecule has 3 atom stereocenters. The third kappa shape index (κ3) is 2.93. The van der Waals surface area contributed by atoms with Crippen LogP contribution >= 0.6 is 0 Å². The lowest BCUT2D eigenvalue weighted by molar-refractivity contribution is -0.142. The number of nitrogens with zero attached hydrogens (tertiary/aromatic N) is 1. The smallest absolute Gasteiger partial charge is 0.308 e. The second kappa shape index (κ2) is 5.40. The zero-order chi connectivity index (χ0) is 14.0. The third-order valence-corrected chi connectivity index (χ3v) is 3.56. The number of fused-ring (bicyclic) bond motifs is 1. The highest BCUT2D eigenvalue weighted by molar-refractivity contribution is 5.83. The molecule has 7 nitrogen and oxygen atoms in total. The number of carbonyl (C=O) groups excluding carboxylic acids is 1. The average Bonchev–Trinajstić information content (AvgIpc) is 2.84. The quantitative estimate of drug-likeness (QED) is 0.596. The number of nitrogens with one attached hydrogen (secondary N) is 3. The summed E-state index contributed by atoms with van der Waals surface area (Å²) in [5.74, 6) is -1.72. The van der Waals surface area contributed by atoms with E-state index in [4.69, 9.17) is 5.11 Å². The minimum atomic E-state index is -0.918. The molecule has 2 heterocycles. The van der Waals surface area contributed by atoms with Gasteiger partial charge < -0.3 is 15.4 Å². The Hall–Kier alpha value is -1.89. The molecule has 0 aromatic carbocycles. The molecule has 2 rings (SSSR count). The summed E-state index contributed by atoms with van der Waals surface area (Å²) in [5, 5.41) is 14.7. The number of carboxylic acid groups (broad SMARTS) is 1. The number of imidazole rings is 1. The minimum absolute atomic E-state index is 0.186. The van der Waals surface area contributed by atoms with Gasteiger partial charge in [-0.25, -0.2) is 4.98 Å². The minimum Gasteiger partial charge on any atom is -0.481 e. The van der Waals surface area contributed by atoms with Gasteiger partial charge in [0.25, 0.3) is 0 Å². The lowest BCUT2D eigenvalue weighted by Gasteiger charge is -2.25. The molecule has 0 bridgehead atoms. The Bertz CT molecular complexity index is 485. The van der Waals surface area contributed by atoms with E-state index < -0.39 is 17.9 Å². The topological polar surface area (TPSA) is 107 Å². The first-order valence-corrected chi connectivity index (χ1v) is 6.26. The third-order valence-electron chi connectivity index (χ3n) is 3.56. The zero-order valence-corrected chi connectivity index (χ0v) is 10.9. The summed E-state index contributed by atoms with van der Waals surface area (Å²) >= 11 is 0. The van der Waals surface area contributed by atoms with Gasteiger partial charge in [-0.05, 0) is 13.8 Å². The molecule has 19 heavy (non-hydrogen) atoms. The first-order valence-electron chi connectivity index (χ1n) is 6.26. The summed E-state index contributed by atoms with van der Waals surface area (Å²) in [6.45, 7) is 3.84. The molecule has 0 saturated heterocycles. The van der Waals surface area contributed by atoms with Crippen molar-refractivity contribution in [3.8, 4) is 0 Å². The van der Waals surface area contributed by atoms with E-state index in [-0.39, 0.29) is 11.9 Å². The summed E-state index contributed by atoms with van der Waals surface area (Å²) in [6, 6.07) is -0.772. The van der Waals surface area contributed by atoms with Crippen LogP contribution in [-0.4, -0.2) is 39.0 Å². The van der Waals surface area contributed by atoms with Crippen LogP contribution in [0.3, 0.4) is 0 Å². The number of carbonyl (C=O) groups is 2. The molecule has 1 aromatic rings. The van der Waals surface area contributed by atoms with Crippen molar-refractivity contribution in [2.75, 3.05) is 0 Å². The number of hydrogen-bond acceptors (Lipinski definition) is 4. The molecule has 0 radical (unpaired) electrons. The molecule has 0 saturated carbocycles. The fraction of sp³-hybridized carbons (Fsp3) is 0.583. The fourth-order valence-corrected chi connectivity index (χ4v) is 2.02. The molecule has 4 N–H and O–H groups in total. The van der Waals surface area contributed by atoms with Crippen LogP contribution in [0, 0.1) is 5.92 Å². The fourth-order valence-electron chi connectivity index (χ4n) is 2.02. The number of carboxylic acids is 1. The molecule has 0 aliphatic carbocycles. The number of aliphatic carboxylic acids is 1. The first kappa shape index (κ1) is 13.5. The number of H-pyrrole nitrogens is 1. The zero-order valence-electron chi connectivity index (χ0n) is 10.9. The molecule has 3 unspecified atom stereocenters. The van der Waals surface area contributed by atoms with Gasteiger partial charge in [-0.1, -0.05) is 0 Å². The molecule has 104 valence electrons. The van der Waals surface area contributed by atoms with Crippen molar-refractivity contribution in [1.29, 1.82) is 0 Å². The van der Waals surface area contributed by atoms with Crippen molar-refractivity contribution in [1.82, 2.24) is 20.6 Å². The van der Waals surface area contributed by atoms with Crippen LogP contribution in [0.15, 0.2) is 6.33 Å². The van der Waals surface area contributed by atoms with Gasteiger partial charge in [-0.2, -0.15) is 0 Å². The Morgan fingerprint density at radius 3 is 2.95 bits per heavy atom. The van der Waals surface area contributed by atoms with Crippen LogP contribution in [0.2, 0.25) is 0 Å². The molecular weight excluding hydrogens is 248 g/mol. The largest absolute Gasteiger partial charge is 0.481 e. The second-order valence-electron chi connectivity index (χ2n) is 4.89. The van der Waals surface area contributed by atoms with Crippen molar-refractivity contribution in [3.05, 3.63) is 17.7 Å². The van der Waals surface area contributed by atoms with Crippen LogP contribution in [0.5, 0.6) is 0 Å². The standard InChI is InChI=1S/C12H18N4O3/c1-6(12(18)19)7(2)16-11(17)9-3-8-10(4-13-9)15-5-14-8/h5-7,9,13H,3-4H2,1-2H3,(H,14,15)(H,16,17)(H,18,19). The molecule has 0 fully saturated rings. The monoisotopic (exact) mass is 266 g/mol. The summed E-state index contributed by atoms with van der Waals surface area (Å²) in [5.41, 5.74) is 1.88. The highest BCUT2D eigenvalue weighted by atomic mass is 16.4. The number of aromatic nitrogens is 2. The number of aromatic amines is 1. The van der Waals surface area contributed by atoms with Crippen molar-refractivity contribution >= 4 is 11.9 Å². The summed E-state index contributed by atoms with van der Waals surface area (Å²) in [7, 11) is 0. The molecule has 1 amide bonds. The van der Waals surface area contributed by atoms with Crippen LogP contribution in [0.1, 0.15) is 25.2 Å².